The fourth-order valence-electron chi connectivity index (χ4n) is 2.39. The van der Waals surface area contributed by atoms with E-state index in [0.29, 0.717) is 0 Å². The van der Waals surface area contributed by atoms with Crippen LogP contribution in [0.2, 0.25) is 5.02 Å². The Hall–Kier alpha value is -0.530. The topological polar surface area (TPSA) is 12.0 Å². The summed E-state index contributed by atoms with van der Waals surface area (Å²) in [6.07, 6.45) is 6.87. The highest BCUT2D eigenvalue weighted by Gasteiger charge is 2.12. The van der Waals surface area contributed by atoms with Crippen LogP contribution in [0.1, 0.15) is 43.2 Å². The van der Waals surface area contributed by atoms with Gasteiger partial charge in [0.2, 0.25) is 0 Å². The zero-order valence-corrected chi connectivity index (χ0v) is 10.7. The van der Waals surface area contributed by atoms with Crippen molar-refractivity contribution in [1.29, 1.82) is 0 Å². The first kappa shape index (κ1) is 11.9. The fourth-order valence-corrected chi connectivity index (χ4v) is 2.50. The minimum absolute atomic E-state index is 0.727. The van der Waals surface area contributed by atoms with Crippen LogP contribution in [0.4, 0.5) is 0 Å². The van der Waals surface area contributed by atoms with Crippen LogP contribution in [-0.2, 0) is 6.54 Å². The summed E-state index contributed by atoms with van der Waals surface area (Å²) >= 11 is 6.01. The van der Waals surface area contributed by atoms with Gasteiger partial charge in [0, 0.05) is 17.6 Å². The summed E-state index contributed by atoms with van der Waals surface area (Å²) < 4.78 is 0. The Morgan fingerprint density at radius 3 is 2.69 bits per heavy atom. The predicted molar refractivity (Wildman–Crippen MR) is 69.9 cm³/mol. The summed E-state index contributed by atoms with van der Waals surface area (Å²) in [5, 5.41) is 4.50. The predicted octanol–water partition coefficient (Wildman–Crippen LogP) is 4.07. The van der Waals surface area contributed by atoms with Crippen molar-refractivity contribution in [3.63, 3.8) is 0 Å². The number of benzene rings is 1. The first-order valence-electron chi connectivity index (χ1n) is 6.24. The van der Waals surface area contributed by atoms with Crippen molar-refractivity contribution in [3.05, 3.63) is 34.3 Å². The second kappa shape index (κ2) is 5.70. The van der Waals surface area contributed by atoms with Gasteiger partial charge in [-0.2, -0.15) is 0 Å². The van der Waals surface area contributed by atoms with Crippen LogP contribution in [-0.4, -0.2) is 6.04 Å². The zero-order chi connectivity index (χ0) is 11.4. The van der Waals surface area contributed by atoms with Gasteiger partial charge in [-0.05, 0) is 37.0 Å². The van der Waals surface area contributed by atoms with Crippen LogP contribution >= 0.6 is 11.6 Å². The molecule has 0 bridgehead atoms. The van der Waals surface area contributed by atoms with E-state index in [0.717, 1.165) is 17.6 Å². The molecule has 2 rings (SSSR count). The van der Waals surface area contributed by atoms with Crippen LogP contribution < -0.4 is 5.32 Å². The minimum Gasteiger partial charge on any atom is -0.310 e. The van der Waals surface area contributed by atoms with E-state index in [-0.39, 0.29) is 0 Å². The molecule has 1 aromatic rings. The molecule has 1 aliphatic rings. The molecular weight excluding hydrogens is 218 g/mol. The van der Waals surface area contributed by atoms with Crippen molar-refractivity contribution in [3.8, 4) is 0 Å². The van der Waals surface area contributed by atoms with E-state index in [1.54, 1.807) is 0 Å². The van der Waals surface area contributed by atoms with Gasteiger partial charge in [0.05, 0.1) is 0 Å². The average Bonchev–Trinajstić information content (AvgIpc) is 2.32. The van der Waals surface area contributed by atoms with Gasteiger partial charge < -0.3 is 5.32 Å². The SMILES string of the molecule is Cc1cc(CNC2CCCCC2)ccc1Cl. The lowest BCUT2D eigenvalue weighted by atomic mass is 9.95. The second-order valence-corrected chi connectivity index (χ2v) is 5.21. The molecule has 0 atom stereocenters. The third kappa shape index (κ3) is 3.23. The number of halogens is 1. The van der Waals surface area contributed by atoms with E-state index in [1.165, 1.54) is 43.2 Å². The lowest BCUT2D eigenvalue weighted by molar-refractivity contribution is 0.372. The Balaban J connectivity index is 1.86. The molecule has 0 spiro atoms. The average molecular weight is 238 g/mol. The molecule has 1 N–H and O–H groups in total. The molecule has 1 saturated carbocycles. The number of hydrogen-bond acceptors (Lipinski definition) is 1. The summed E-state index contributed by atoms with van der Waals surface area (Å²) in [6, 6.07) is 7.02. The number of nitrogens with one attached hydrogen (secondary N) is 1. The third-order valence-corrected chi connectivity index (χ3v) is 3.85. The van der Waals surface area contributed by atoms with Crippen molar-refractivity contribution in [2.75, 3.05) is 0 Å². The maximum atomic E-state index is 6.01. The minimum atomic E-state index is 0.727. The highest BCUT2D eigenvalue weighted by Crippen LogP contribution is 2.19. The van der Waals surface area contributed by atoms with Crippen LogP contribution in [0.3, 0.4) is 0 Å². The molecule has 88 valence electrons. The van der Waals surface area contributed by atoms with E-state index in [2.05, 4.69) is 24.4 Å². The van der Waals surface area contributed by atoms with Crippen LogP contribution in [0.5, 0.6) is 0 Å². The fraction of sp³-hybridized carbons (Fsp3) is 0.571. The van der Waals surface area contributed by atoms with Gasteiger partial charge in [0.1, 0.15) is 0 Å². The van der Waals surface area contributed by atoms with E-state index < -0.39 is 0 Å². The summed E-state index contributed by atoms with van der Waals surface area (Å²) in [7, 11) is 0. The first-order valence-corrected chi connectivity index (χ1v) is 6.62. The van der Waals surface area contributed by atoms with Crippen molar-refractivity contribution >= 4 is 11.6 Å². The Morgan fingerprint density at radius 2 is 2.00 bits per heavy atom. The normalized spacial score (nSPS) is 17.6. The molecular formula is C14H20ClN. The third-order valence-electron chi connectivity index (χ3n) is 3.42. The van der Waals surface area contributed by atoms with Crippen molar-refractivity contribution in [2.45, 2.75) is 51.6 Å². The highest BCUT2D eigenvalue weighted by molar-refractivity contribution is 6.31. The van der Waals surface area contributed by atoms with Gasteiger partial charge in [0.25, 0.3) is 0 Å². The molecule has 0 heterocycles. The Labute approximate surface area is 103 Å². The van der Waals surface area contributed by atoms with Crippen LogP contribution in [0.15, 0.2) is 18.2 Å². The van der Waals surface area contributed by atoms with Crippen molar-refractivity contribution in [1.82, 2.24) is 5.32 Å². The largest absolute Gasteiger partial charge is 0.310 e. The van der Waals surface area contributed by atoms with E-state index in [1.807, 2.05) is 6.07 Å². The summed E-state index contributed by atoms with van der Waals surface area (Å²) in [5.74, 6) is 0. The van der Waals surface area contributed by atoms with Gasteiger partial charge in [-0.25, -0.2) is 0 Å². The van der Waals surface area contributed by atoms with Gasteiger partial charge >= 0.3 is 0 Å². The first-order chi connectivity index (χ1) is 7.75. The molecule has 1 fully saturated rings. The van der Waals surface area contributed by atoms with Gasteiger partial charge in [-0.1, -0.05) is 43.0 Å². The van der Waals surface area contributed by atoms with E-state index in [4.69, 9.17) is 11.6 Å². The summed E-state index contributed by atoms with van der Waals surface area (Å²) in [4.78, 5) is 0. The molecule has 1 aliphatic carbocycles. The van der Waals surface area contributed by atoms with Crippen molar-refractivity contribution < 1.29 is 0 Å². The van der Waals surface area contributed by atoms with Gasteiger partial charge in [-0.3, -0.25) is 0 Å². The van der Waals surface area contributed by atoms with E-state index >= 15 is 0 Å². The molecule has 2 heteroatoms. The lowest BCUT2D eigenvalue weighted by Crippen LogP contribution is -2.30. The maximum absolute atomic E-state index is 6.01. The van der Waals surface area contributed by atoms with Gasteiger partial charge in [0.15, 0.2) is 0 Å². The van der Waals surface area contributed by atoms with Crippen LogP contribution in [0, 0.1) is 6.92 Å². The van der Waals surface area contributed by atoms with Crippen LogP contribution in [0.25, 0.3) is 0 Å². The molecule has 16 heavy (non-hydrogen) atoms. The Morgan fingerprint density at radius 1 is 1.25 bits per heavy atom. The maximum Gasteiger partial charge on any atom is 0.0435 e. The highest BCUT2D eigenvalue weighted by atomic mass is 35.5. The monoisotopic (exact) mass is 237 g/mol. The molecule has 1 nitrogen and oxygen atoms in total. The van der Waals surface area contributed by atoms with E-state index in [9.17, 15) is 0 Å². The summed E-state index contributed by atoms with van der Waals surface area (Å²) in [6.45, 7) is 3.04. The quantitative estimate of drug-likeness (QED) is 0.836. The van der Waals surface area contributed by atoms with Gasteiger partial charge in [-0.15, -0.1) is 0 Å². The molecule has 0 aromatic heterocycles. The summed E-state index contributed by atoms with van der Waals surface area (Å²) in [5.41, 5.74) is 2.51. The Kier molecular flexibility index (Phi) is 4.25. The molecule has 0 amide bonds. The molecule has 0 radical (unpaired) electrons. The number of rotatable bonds is 3. The number of aryl methyl sites for hydroxylation is 1. The molecule has 0 aliphatic heterocycles. The molecule has 0 saturated heterocycles. The molecule has 1 aromatic carbocycles. The standard InChI is InChI=1S/C14H20ClN/c1-11-9-12(7-8-14(11)15)10-16-13-5-3-2-4-6-13/h7-9,13,16H,2-6,10H2,1H3. The smallest absolute Gasteiger partial charge is 0.0435 e. The zero-order valence-electron chi connectivity index (χ0n) is 9.93. The van der Waals surface area contributed by atoms with Crippen molar-refractivity contribution in [2.24, 2.45) is 0 Å². The Bertz CT molecular complexity index is 343. The lowest BCUT2D eigenvalue weighted by Gasteiger charge is -2.23. The second-order valence-electron chi connectivity index (χ2n) is 4.80. The molecule has 0 unspecified atom stereocenters. The number of hydrogen-bond donors (Lipinski definition) is 1.